The van der Waals surface area contributed by atoms with Crippen molar-refractivity contribution in [1.82, 2.24) is 4.48 Å². The van der Waals surface area contributed by atoms with E-state index in [4.69, 9.17) is 4.42 Å². The molecule has 0 radical (unpaired) electrons. The van der Waals surface area contributed by atoms with Gasteiger partial charge >= 0.3 is 6.85 Å². The van der Waals surface area contributed by atoms with Crippen LogP contribution in [0.15, 0.2) is 95.4 Å². The highest BCUT2D eigenvalue weighted by Crippen LogP contribution is 2.56. The van der Waals surface area contributed by atoms with E-state index in [-0.39, 0.29) is 39.3 Å². The number of hydrogen-bond donors (Lipinski definition) is 0. The van der Waals surface area contributed by atoms with E-state index in [1.165, 1.54) is 140 Å². The molecule has 0 amide bonds. The molecule has 0 unspecified atom stereocenters. The second kappa shape index (κ2) is 12.9. The van der Waals surface area contributed by atoms with Gasteiger partial charge in [-0.1, -0.05) is 127 Å². The third kappa shape index (κ3) is 5.58. The second-order valence-corrected chi connectivity index (χ2v) is 27.0. The van der Waals surface area contributed by atoms with Gasteiger partial charge in [0.2, 0.25) is 0 Å². The molecule has 0 saturated carbocycles. The topological polar surface area (TPSA) is 21.3 Å². The summed E-state index contributed by atoms with van der Waals surface area (Å²) in [6.45, 7) is 33.9. The largest absolute Gasteiger partial charge is 0.456 e. The lowest BCUT2D eigenvalue weighted by atomic mass is 9.48. The first-order valence-electron chi connectivity index (χ1n) is 25.1. The van der Waals surface area contributed by atoms with Crippen molar-refractivity contribution < 1.29 is 4.42 Å². The normalized spacial score (nSPS) is 18.8. The second-order valence-electron chi connectivity index (χ2n) is 25.9. The minimum atomic E-state index is -0.0704. The van der Waals surface area contributed by atoms with Crippen LogP contribution in [0.25, 0.3) is 65.0 Å². The Kier molecular flexibility index (Phi) is 8.05. The summed E-state index contributed by atoms with van der Waals surface area (Å²) in [4.78, 5) is 2.71. The SMILES string of the molecule is CC(C)(C)c1ccc2c(c1)c1cc(C(C)(C)C)cc3c1n2B1c2sc4cc5c(cc4c2N(c2ccc4c(c2)C(C)(C)CCC4(C)C)c2cc4oc6ccccc6c4c-3c21)C(C)(C)CCC5(C)C. The smallest absolute Gasteiger partial charge is 0.343 e. The zero-order valence-electron chi connectivity index (χ0n) is 42.3. The fourth-order valence-corrected chi connectivity index (χ4v) is 14.5. The van der Waals surface area contributed by atoms with Crippen molar-refractivity contribution in [1.29, 1.82) is 0 Å². The maximum Gasteiger partial charge on any atom is 0.343 e. The Morgan fingerprint density at radius 2 is 1.19 bits per heavy atom. The van der Waals surface area contributed by atoms with Gasteiger partial charge in [0.25, 0.3) is 0 Å². The van der Waals surface area contributed by atoms with Crippen molar-refractivity contribution in [3.63, 3.8) is 0 Å². The molecule has 0 saturated heterocycles. The highest BCUT2D eigenvalue weighted by Gasteiger charge is 2.48. The summed E-state index contributed by atoms with van der Waals surface area (Å²) in [6, 6.07) is 36.5. The maximum atomic E-state index is 7.10. The molecule has 0 spiro atoms. The molecule has 3 nitrogen and oxygen atoms in total. The Morgan fingerprint density at radius 1 is 0.567 bits per heavy atom. The molecule has 5 heteroatoms. The van der Waals surface area contributed by atoms with E-state index in [2.05, 4.69) is 197 Å². The standard InChI is InChI=1S/C62H65BN2OS/c1-57(2,3)34-19-22-46-38(27-34)39-28-35(58(4,5)6)29-41-52-51-37-17-15-16-18-48(37)66-49(51)33-47-53(52)63(65(46)54(39)41)56-55(40-31-44-45(32-50(40)67-56)62(13,14)26-25-61(44,11)12)64(47)36-20-21-42-43(30-36)60(9,10)24-23-59(42,7)8/h15-22,27-33H,23-26H2,1-14H3. The summed E-state index contributed by atoms with van der Waals surface area (Å²) in [6.07, 6.45) is 4.74. The van der Waals surface area contributed by atoms with Gasteiger partial charge in [0.1, 0.15) is 11.2 Å². The fraction of sp³-hybridized carbons (Fsp3) is 0.387. The van der Waals surface area contributed by atoms with Crippen molar-refractivity contribution >= 4 is 99.3 Å². The van der Waals surface area contributed by atoms with Crippen molar-refractivity contribution in [2.24, 2.45) is 0 Å². The summed E-state index contributed by atoms with van der Waals surface area (Å²) >= 11 is 2.05. The number of furan rings is 1. The monoisotopic (exact) mass is 896 g/mol. The van der Waals surface area contributed by atoms with E-state index < -0.39 is 0 Å². The Morgan fingerprint density at radius 3 is 1.88 bits per heavy atom. The Bertz CT molecular complexity index is 3680. The van der Waals surface area contributed by atoms with Crippen LogP contribution in [0.5, 0.6) is 0 Å². The predicted molar refractivity (Wildman–Crippen MR) is 291 cm³/mol. The molecule has 6 aromatic carbocycles. The van der Waals surface area contributed by atoms with Crippen LogP contribution in [0.4, 0.5) is 17.1 Å². The number of anilines is 3. The van der Waals surface area contributed by atoms with E-state index in [0.29, 0.717) is 0 Å². The molecule has 13 rings (SSSR count). The molecule has 67 heavy (non-hydrogen) atoms. The number of thiophene rings is 1. The van der Waals surface area contributed by atoms with Gasteiger partial charge in [-0.15, -0.1) is 11.3 Å². The molecule has 4 aliphatic rings. The Hall–Kier alpha value is -5.26. The van der Waals surface area contributed by atoms with Gasteiger partial charge in [0.15, 0.2) is 0 Å². The van der Waals surface area contributed by atoms with E-state index in [9.17, 15) is 0 Å². The summed E-state index contributed by atoms with van der Waals surface area (Å²) in [5, 5.41) is 6.49. The van der Waals surface area contributed by atoms with Crippen molar-refractivity contribution in [2.45, 2.75) is 155 Å². The molecule has 0 N–H and O–H groups in total. The van der Waals surface area contributed by atoms with E-state index in [1.807, 2.05) is 11.3 Å². The third-order valence-electron chi connectivity index (χ3n) is 17.6. The number of rotatable bonds is 1. The minimum absolute atomic E-state index is 0.00850. The van der Waals surface area contributed by atoms with E-state index in [1.54, 1.807) is 0 Å². The van der Waals surface area contributed by atoms with Crippen LogP contribution in [0, 0.1) is 0 Å². The predicted octanol–water partition coefficient (Wildman–Crippen LogP) is 16.6. The molecule has 2 aliphatic heterocycles. The first kappa shape index (κ1) is 41.9. The van der Waals surface area contributed by atoms with Gasteiger partial charge < -0.3 is 13.8 Å². The van der Waals surface area contributed by atoms with Crippen molar-refractivity contribution in [2.75, 3.05) is 4.90 Å². The van der Waals surface area contributed by atoms with E-state index >= 15 is 0 Å². The number of fused-ring (bicyclic) bond motifs is 15. The lowest BCUT2D eigenvalue weighted by Gasteiger charge is -2.44. The van der Waals surface area contributed by atoms with Crippen LogP contribution in [0.1, 0.15) is 156 Å². The average molecular weight is 897 g/mol. The number of para-hydroxylation sites is 1. The molecule has 2 aliphatic carbocycles. The van der Waals surface area contributed by atoms with Crippen molar-refractivity contribution in [3.8, 4) is 11.1 Å². The lowest BCUT2D eigenvalue weighted by Crippen LogP contribution is -2.55. The molecular weight excluding hydrogens is 832 g/mol. The quantitative estimate of drug-likeness (QED) is 0.153. The highest BCUT2D eigenvalue weighted by molar-refractivity contribution is 7.32. The van der Waals surface area contributed by atoms with Gasteiger partial charge in [-0.2, -0.15) is 0 Å². The summed E-state index contributed by atoms with van der Waals surface area (Å²) in [5.41, 5.74) is 21.4. The van der Waals surface area contributed by atoms with Gasteiger partial charge in [-0.05, 0) is 157 Å². The highest BCUT2D eigenvalue weighted by atomic mass is 32.1. The number of aromatic nitrogens is 1. The van der Waals surface area contributed by atoms with Crippen LogP contribution in [-0.4, -0.2) is 11.3 Å². The molecule has 0 fully saturated rings. The molecule has 3 aromatic heterocycles. The third-order valence-corrected chi connectivity index (χ3v) is 18.8. The van der Waals surface area contributed by atoms with Crippen LogP contribution in [0.2, 0.25) is 0 Å². The van der Waals surface area contributed by atoms with Gasteiger partial charge in [-0.3, -0.25) is 0 Å². The van der Waals surface area contributed by atoms with Gasteiger partial charge in [0, 0.05) is 70.4 Å². The number of nitrogens with zero attached hydrogens (tertiary/aromatic N) is 2. The Balaban J connectivity index is 1.25. The van der Waals surface area contributed by atoms with Crippen LogP contribution in [-0.2, 0) is 32.5 Å². The zero-order chi connectivity index (χ0) is 46.9. The average Bonchev–Trinajstić information content (AvgIpc) is 3.94. The number of hydrogen-bond acceptors (Lipinski definition) is 3. The fourth-order valence-electron chi connectivity index (χ4n) is 13.2. The van der Waals surface area contributed by atoms with Crippen LogP contribution >= 0.6 is 11.3 Å². The molecular formula is C62H65BN2OS. The first-order chi connectivity index (χ1) is 31.4. The molecule has 338 valence electrons. The summed E-state index contributed by atoms with van der Waals surface area (Å²) in [5.74, 6) is 0. The first-order valence-corrected chi connectivity index (χ1v) is 25.9. The van der Waals surface area contributed by atoms with E-state index in [0.717, 1.165) is 11.2 Å². The molecule has 0 bridgehead atoms. The molecule has 0 atom stereocenters. The van der Waals surface area contributed by atoms with Gasteiger partial charge in [0.05, 0.1) is 5.69 Å². The minimum Gasteiger partial charge on any atom is -0.456 e. The maximum absolute atomic E-state index is 7.10. The summed E-state index contributed by atoms with van der Waals surface area (Å²) in [7, 11) is 0. The summed E-state index contributed by atoms with van der Waals surface area (Å²) < 4.78 is 12.7. The van der Waals surface area contributed by atoms with Crippen molar-refractivity contribution in [3.05, 3.63) is 124 Å². The van der Waals surface area contributed by atoms with Crippen LogP contribution in [0.3, 0.4) is 0 Å². The molecule has 5 heterocycles. The van der Waals surface area contributed by atoms with Crippen LogP contribution < -0.4 is 15.1 Å². The molecule has 9 aromatic rings. The zero-order valence-corrected chi connectivity index (χ0v) is 43.1. The Labute approximate surface area is 401 Å². The van der Waals surface area contributed by atoms with Gasteiger partial charge in [-0.25, -0.2) is 0 Å². The number of benzene rings is 6. The lowest BCUT2D eigenvalue weighted by molar-refractivity contribution is 0.332.